The third-order valence-electron chi connectivity index (χ3n) is 4.36. The molecule has 0 fully saturated rings. The number of hydrogen-bond acceptors (Lipinski definition) is 4. The van der Waals surface area contributed by atoms with Gasteiger partial charge in [0.25, 0.3) is 5.78 Å². The summed E-state index contributed by atoms with van der Waals surface area (Å²) in [5, 5.41) is 7.06. The van der Waals surface area contributed by atoms with Crippen molar-refractivity contribution < 1.29 is 17.6 Å². The third-order valence-corrected chi connectivity index (χ3v) is 4.36. The summed E-state index contributed by atoms with van der Waals surface area (Å²) in [6.07, 6.45) is 0.974. The Balaban J connectivity index is 1.66. The van der Waals surface area contributed by atoms with Crippen LogP contribution in [0.2, 0.25) is 0 Å². The van der Waals surface area contributed by atoms with Crippen molar-refractivity contribution in [1.29, 1.82) is 0 Å². The number of alkyl halides is 2. The second-order valence-corrected chi connectivity index (χ2v) is 6.60. The van der Waals surface area contributed by atoms with E-state index < -0.39 is 23.4 Å². The maximum atomic E-state index is 13.5. The molecule has 0 saturated heterocycles. The van der Waals surface area contributed by atoms with E-state index >= 15 is 0 Å². The molecule has 2 heterocycles. The molecule has 0 unspecified atom stereocenters. The smallest absolute Gasteiger partial charge is 0.305 e. The molecule has 1 aromatic carbocycles. The number of hydrogen-bond donors (Lipinski definition) is 1. The number of halogens is 4. The SMILES string of the molecule is Cc1cc(NC2Cc3cc(F)c(F)cc3C2)n2nc(C(C)(F)F)nc2n1. The van der Waals surface area contributed by atoms with Crippen molar-refractivity contribution in [2.45, 2.75) is 38.7 Å². The highest BCUT2D eigenvalue weighted by Crippen LogP contribution is 2.28. The second kappa shape index (κ2) is 5.65. The van der Waals surface area contributed by atoms with Crippen LogP contribution in [-0.2, 0) is 18.8 Å². The van der Waals surface area contributed by atoms with Gasteiger partial charge in [-0.15, -0.1) is 5.10 Å². The Hall–Kier alpha value is -2.71. The molecule has 9 heteroatoms. The summed E-state index contributed by atoms with van der Waals surface area (Å²) in [5.41, 5.74) is 2.04. The summed E-state index contributed by atoms with van der Waals surface area (Å²) < 4.78 is 55.1. The van der Waals surface area contributed by atoms with Crippen molar-refractivity contribution in [1.82, 2.24) is 19.6 Å². The number of anilines is 1. The lowest BCUT2D eigenvalue weighted by Crippen LogP contribution is -2.22. The van der Waals surface area contributed by atoms with Crippen LogP contribution in [0.3, 0.4) is 0 Å². The van der Waals surface area contributed by atoms with Crippen molar-refractivity contribution in [3.8, 4) is 0 Å². The molecule has 136 valence electrons. The number of benzene rings is 1. The average Bonchev–Trinajstić information content (AvgIpc) is 3.11. The zero-order valence-electron chi connectivity index (χ0n) is 14.0. The first-order valence-electron chi connectivity index (χ1n) is 8.07. The lowest BCUT2D eigenvalue weighted by Gasteiger charge is -2.14. The highest BCUT2D eigenvalue weighted by Gasteiger charge is 2.31. The highest BCUT2D eigenvalue weighted by atomic mass is 19.3. The maximum Gasteiger partial charge on any atom is 0.305 e. The fourth-order valence-corrected chi connectivity index (χ4v) is 3.20. The fraction of sp³-hybridized carbons (Fsp3) is 0.353. The molecule has 1 aliphatic rings. The number of nitrogens with zero attached hydrogens (tertiary/aromatic N) is 4. The first kappa shape index (κ1) is 16.7. The normalized spacial score (nSPS) is 14.8. The van der Waals surface area contributed by atoms with E-state index in [0.29, 0.717) is 24.4 Å². The largest absolute Gasteiger partial charge is 0.366 e. The third kappa shape index (κ3) is 2.87. The molecule has 1 aliphatic carbocycles. The van der Waals surface area contributed by atoms with Crippen molar-refractivity contribution in [3.63, 3.8) is 0 Å². The van der Waals surface area contributed by atoms with Gasteiger partial charge in [0.1, 0.15) is 5.82 Å². The maximum absolute atomic E-state index is 13.5. The van der Waals surface area contributed by atoms with Gasteiger partial charge in [-0.1, -0.05) is 0 Å². The van der Waals surface area contributed by atoms with Crippen LogP contribution in [0.15, 0.2) is 18.2 Å². The zero-order valence-corrected chi connectivity index (χ0v) is 14.0. The summed E-state index contributed by atoms with van der Waals surface area (Å²) in [6.45, 7) is 2.44. The molecule has 3 aromatic rings. The van der Waals surface area contributed by atoms with E-state index in [0.717, 1.165) is 18.1 Å². The van der Waals surface area contributed by atoms with Crippen LogP contribution >= 0.6 is 0 Å². The van der Waals surface area contributed by atoms with Gasteiger partial charge in [-0.25, -0.2) is 13.8 Å². The van der Waals surface area contributed by atoms with Gasteiger partial charge < -0.3 is 5.32 Å². The molecule has 5 nitrogen and oxygen atoms in total. The van der Waals surface area contributed by atoms with E-state index in [9.17, 15) is 17.6 Å². The molecule has 0 radical (unpaired) electrons. The van der Waals surface area contributed by atoms with Crippen LogP contribution in [0.5, 0.6) is 0 Å². The van der Waals surface area contributed by atoms with Gasteiger partial charge in [0.2, 0.25) is 5.82 Å². The van der Waals surface area contributed by atoms with E-state index in [4.69, 9.17) is 0 Å². The van der Waals surface area contributed by atoms with Crippen molar-refractivity contribution in [3.05, 3.63) is 52.5 Å². The van der Waals surface area contributed by atoms with Gasteiger partial charge in [0.05, 0.1) is 0 Å². The molecule has 0 bridgehead atoms. The summed E-state index contributed by atoms with van der Waals surface area (Å²) in [6, 6.07) is 3.92. The molecule has 26 heavy (non-hydrogen) atoms. The number of aromatic nitrogens is 4. The summed E-state index contributed by atoms with van der Waals surface area (Å²) in [7, 11) is 0. The number of aryl methyl sites for hydroxylation is 1. The lowest BCUT2D eigenvalue weighted by atomic mass is 10.1. The van der Waals surface area contributed by atoms with Gasteiger partial charge >= 0.3 is 5.92 Å². The summed E-state index contributed by atoms with van der Waals surface area (Å²) >= 11 is 0. The standard InChI is InChI=1S/C17H15F4N5/c1-8-3-14(26-16(22-8)24-15(25-26)17(2,20)21)23-11-4-9-6-12(18)13(19)7-10(9)5-11/h3,6-7,11,23H,4-5H2,1-2H3. The minimum Gasteiger partial charge on any atom is -0.366 e. The van der Waals surface area contributed by atoms with Crippen molar-refractivity contribution in [2.24, 2.45) is 0 Å². The fourth-order valence-electron chi connectivity index (χ4n) is 3.20. The number of rotatable bonds is 3. The molecule has 0 spiro atoms. The molecular formula is C17H15F4N5. The molecule has 0 amide bonds. The molecule has 2 aromatic heterocycles. The molecule has 0 aliphatic heterocycles. The van der Waals surface area contributed by atoms with Crippen LogP contribution in [0.4, 0.5) is 23.4 Å². The van der Waals surface area contributed by atoms with Crippen LogP contribution in [0, 0.1) is 18.6 Å². The van der Waals surface area contributed by atoms with E-state index in [1.165, 1.54) is 16.6 Å². The minimum absolute atomic E-state index is 0.0663. The van der Waals surface area contributed by atoms with Gasteiger partial charge in [-0.3, -0.25) is 0 Å². The minimum atomic E-state index is -3.18. The van der Waals surface area contributed by atoms with Crippen molar-refractivity contribution >= 4 is 11.6 Å². The van der Waals surface area contributed by atoms with Crippen LogP contribution < -0.4 is 5.32 Å². The van der Waals surface area contributed by atoms with E-state index in [-0.39, 0.29) is 11.8 Å². The Morgan fingerprint density at radius 2 is 1.69 bits per heavy atom. The Bertz CT molecular complexity index is 978. The summed E-state index contributed by atoms with van der Waals surface area (Å²) in [4.78, 5) is 7.92. The predicted octanol–water partition coefficient (Wildman–Crippen LogP) is 3.40. The number of fused-ring (bicyclic) bond motifs is 2. The Kier molecular flexibility index (Phi) is 3.64. The Labute approximate surface area is 146 Å². The van der Waals surface area contributed by atoms with E-state index in [1.807, 2.05) is 0 Å². The van der Waals surface area contributed by atoms with Crippen LogP contribution in [-0.4, -0.2) is 25.6 Å². The first-order chi connectivity index (χ1) is 12.2. The van der Waals surface area contributed by atoms with Crippen LogP contribution in [0.25, 0.3) is 5.78 Å². The average molecular weight is 365 g/mol. The molecular weight excluding hydrogens is 350 g/mol. The molecule has 1 N–H and O–H groups in total. The van der Waals surface area contributed by atoms with Crippen LogP contribution in [0.1, 0.15) is 29.6 Å². The number of nitrogens with one attached hydrogen (secondary N) is 1. The van der Waals surface area contributed by atoms with Gasteiger partial charge in [0.15, 0.2) is 11.6 Å². The zero-order chi connectivity index (χ0) is 18.6. The molecule has 0 saturated carbocycles. The Morgan fingerprint density at radius 3 is 2.27 bits per heavy atom. The predicted molar refractivity (Wildman–Crippen MR) is 86.3 cm³/mol. The van der Waals surface area contributed by atoms with E-state index in [1.54, 1.807) is 13.0 Å². The lowest BCUT2D eigenvalue weighted by molar-refractivity contribution is 0.00800. The monoisotopic (exact) mass is 365 g/mol. The molecule has 0 atom stereocenters. The van der Waals surface area contributed by atoms with Crippen molar-refractivity contribution in [2.75, 3.05) is 5.32 Å². The van der Waals surface area contributed by atoms with Gasteiger partial charge in [0, 0.05) is 24.7 Å². The quantitative estimate of drug-likeness (QED) is 0.723. The first-order valence-corrected chi connectivity index (χ1v) is 8.07. The van der Waals surface area contributed by atoms with Gasteiger partial charge in [-0.2, -0.15) is 18.3 Å². The topological polar surface area (TPSA) is 55.1 Å². The van der Waals surface area contributed by atoms with Gasteiger partial charge in [-0.05, 0) is 43.0 Å². The van der Waals surface area contributed by atoms with E-state index in [2.05, 4.69) is 20.4 Å². The second-order valence-electron chi connectivity index (χ2n) is 6.60. The molecule has 4 rings (SSSR count). The Morgan fingerprint density at radius 1 is 1.08 bits per heavy atom. The summed E-state index contributed by atoms with van der Waals surface area (Å²) in [5.74, 6) is -5.03. The highest BCUT2D eigenvalue weighted by molar-refractivity contribution is 5.48.